The molecule has 0 aromatic heterocycles. The number of fused-ring (bicyclic) bond motifs is 1. The van der Waals surface area contributed by atoms with Gasteiger partial charge in [0, 0.05) is 26.2 Å². The van der Waals surface area contributed by atoms with Crippen molar-refractivity contribution in [2.45, 2.75) is 82.6 Å². The fourth-order valence-corrected chi connectivity index (χ4v) is 6.85. The van der Waals surface area contributed by atoms with Crippen molar-refractivity contribution in [3.63, 3.8) is 0 Å². The number of halogens is 3. The van der Waals surface area contributed by atoms with E-state index in [0.29, 0.717) is 19.3 Å². The fraction of sp³-hybridized carbons (Fsp3) is 0.692. The standard InChI is InChI=1S/C26H38F3N3O5S/c1-7-16(2)22(31(6)24(34)37-25(3,4)5)23(33)30-21-13-8-17-14-32(15-20(17)21)38(35,36)19-11-9-18(10-12-19)26(27,28)29/h9-12,16-17,20-22H,7-8,13-15H2,1-6H3,(H,30,33)/t16-,17-,20+,21+,22-/m0/s1. The summed E-state index contributed by atoms with van der Waals surface area (Å²) in [5.74, 6) is -0.574. The molecular formula is C26H38F3N3O5S. The maximum atomic E-state index is 13.4. The van der Waals surface area contributed by atoms with Gasteiger partial charge in [-0.1, -0.05) is 20.3 Å². The summed E-state index contributed by atoms with van der Waals surface area (Å²) in [6, 6.07) is 2.46. The minimum absolute atomic E-state index is 0.0233. The number of carbonyl (C=O) groups excluding carboxylic acids is 2. The number of alkyl halides is 3. The third-order valence-corrected chi connectivity index (χ3v) is 9.37. The highest BCUT2D eigenvalue weighted by Crippen LogP contribution is 2.40. The van der Waals surface area contributed by atoms with Gasteiger partial charge >= 0.3 is 12.3 Å². The fourth-order valence-electron chi connectivity index (χ4n) is 5.32. The van der Waals surface area contributed by atoms with Gasteiger partial charge in [0.1, 0.15) is 11.6 Å². The van der Waals surface area contributed by atoms with Crippen molar-refractivity contribution in [1.82, 2.24) is 14.5 Å². The summed E-state index contributed by atoms with van der Waals surface area (Å²) in [4.78, 5) is 27.2. The molecule has 1 saturated carbocycles. The Morgan fingerprint density at radius 2 is 1.74 bits per heavy atom. The van der Waals surface area contributed by atoms with Crippen LogP contribution in [0.15, 0.2) is 29.2 Å². The lowest BCUT2D eigenvalue weighted by atomic mass is 9.95. The number of nitrogens with zero attached hydrogens (tertiary/aromatic N) is 2. The first-order valence-electron chi connectivity index (χ1n) is 12.9. The molecule has 1 aromatic rings. The summed E-state index contributed by atoms with van der Waals surface area (Å²) in [7, 11) is -2.45. The summed E-state index contributed by atoms with van der Waals surface area (Å²) < 4.78 is 71.8. The monoisotopic (exact) mass is 561 g/mol. The van der Waals surface area contributed by atoms with E-state index in [0.717, 1.165) is 24.3 Å². The molecule has 1 aliphatic carbocycles. The number of hydrogen-bond acceptors (Lipinski definition) is 5. The number of amides is 2. The lowest BCUT2D eigenvalue weighted by molar-refractivity contribution is -0.137. The quantitative estimate of drug-likeness (QED) is 0.529. The molecule has 0 bridgehead atoms. The molecule has 1 N–H and O–H groups in total. The molecule has 1 saturated heterocycles. The van der Waals surface area contributed by atoms with Crippen LogP contribution >= 0.6 is 0 Å². The minimum Gasteiger partial charge on any atom is -0.444 e. The van der Waals surface area contributed by atoms with Crippen LogP contribution in [-0.4, -0.2) is 67.4 Å². The normalized spacial score (nSPS) is 24.0. The molecule has 1 aromatic carbocycles. The topological polar surface area (TPSA) is 96.0 Å². The molecular weight excluding hydrogens is 523 g/mol. The molecule has 8 nitrogen and oxygen atoms in total. The summed E-state index contributed by atoms with van der Waals surface area (Å²) >= 11 is 0. The number of likely N-dealkylation sites (N-methyl/N-ethyl adjacent to an activating group) is 1. The molecule has 0 radical (unpaired) electrons. The molecule has 12 heteroatoms. The second-order valence-electron chi connectivity index (χ2n) is 11.4. The zero-order chi connectivity index (χ0) is 28.6. The van der Waals surface area contributed by atoms with Gasteiger partial charge in [-0.05, 0) is 75.6 Å². The number of ether oxygens (including phenoxy) is 1. The van der Waals surface area contributed by atoms with E-state index in [2.05, 4.69) is 5.32 Å². The van der Waals surface area contributed by atoms with Crippen molar-refractivity contribution in [3.05, 3.63) is 29.8 Å². The Hall–Kier alpha value is -2.34. The number of benzene rings is 1. The smallest absolute Gasteiger partial charge is 0.416 e. The van der Waals surface area contributed by atoms with E-state index in [4.69, 9.17) is 4.74 Å². The van der Waals surface area contributed by atoms with Gasteiger partial charge in [0.25, 0.3) is 0 Å². The second kappa shape index (κ2) is 11.0. The van der Waals surface area contributed by atoms with Gasteiger partial charge in [-0.25, -0.2) is 13.2 Å². The third kappa shape index (κ3) is 6.62. The number of carbonyl (C=O) groups is 2. The highest BCUT2D eigenvalue weighted by atomic mass is 32.2. The SMILES string of the molecule is CC[C@H](C)[C@@H](C(=O)N[C@@H]1CC[C@H]2CN(S(=O)(=O)c3ccc(C(F)(F)F)cc3)C[C@H]21)N(C)C(=O)OC(C)(C)C. The lowest BCUT2D eigenvalue weighted by Gasteiger charge is -2.34. The first-order valence-corrected chi connectivity index (χ1v) is 14.3. The van der Waals surface area contributed by atoms with Crippen LogP contribution in [0.25, 0.3) is 0 Å². The maximum absolute atomic E-state index is 13.4. The molecule has 5 atom stereocenters. The predicted octanol–water partition coefficient (Wildman–Crippen LogP) is 4.50. The van der Waals surface area contributed by atoms with Gasteiger partial charge in [0.15, 0.2) is 0 Å². The summed E-state index contributed by atoms with van der Waals surface area (Å²) in [5, 5.41) is 3.07. The van der Waals surface area contributed by atoms with Crippen LogP contribution in [-0.2, 0) is 25.7 Å². The zero-order valence-corrected chi connectivity index (χ0v) is 23.5. The molecule has 214 valence electrons. The Morgan fingerprint density at radius 1 is 1.13 bits per heavy atom. The minimum atomic E-state index is -4.55. The molecule has 1 heterocycles. The van der Waals surface area contributed by atoms with Crippen molar-refractivity contribution < 1.29 is 35.9 Å². The average Bonchev–Trinajstić information content (AvgIpc) is 3.40. The molecule has 2 amide bonds. The van der Waals surface area contributed by atoms with Gasteiger partial charge in [0.2, 0.25) is 15.9 Å². The maximum Gasteiger partial charge on any atom is 0.416 e. The third-order valence-electron chi connectivity index (χ3n) is 7.52. The highest BCUT2D eigenvalue weighted by Gasteiger charge is 2.47. The Balaban J connectivity index is 1.71. The van der Waals surface area contributed by atoms with Crippen molar-refractivity contribution in [1.29, 1.82) is 0 Å². The first kappa shape index (κ1) is 30.2. The van der Waals surface area contributed by atoms with Gasteiger partial charge in [0.05, 0.1) is 10.5 Å². The van der Waals surface area contributed by atoms with Crippen LogP contribution in [0.5, 0.6) is 0 Å². The van der Waals surface area contributed by atoms with Crippen LogP contribution in [0.2, 0.25) is 0 Å². The average molecular weight is 562 g/mol. The van der Waals surface area contributed by atoms with E-state index in [1.807, 2.05) is 13.8 Å². The second-order valence-corrected chi connectivity index (χ2v) is 13.3. The van der Waals surface area contributed by atoms with Gasteiger partial charge < -0.3 is 10.1 Å². The largest absolute Gasteiger partial charge is 0.444 e. The van der Waals surface area contributed by atoms with Crippen LogP contribution in [0.3, 0.4) is 0 Å². The van der Waals surface area contributed by atoms with Crippen LogP contribution in [0, 0.1) is 17.8 Å². The molecule has 2 fully saturated rings. The van der Waals surface area contributed by atoms with Crippen LogP contribution in [0.4, 0.5) is 18.0 Å². The van der Waals surface area contributed by atoms with Gasteiger partial charge in [-0.3, -0.25) is 9.69 Å². The zero-order valence-electron chi connectivity index (χ0n) is 22.7. The molecule has 2 aliphatic rings. The van der Waals surface area contributed by atoms with Crippen LogP contribution < -0.4 is 5.32 Å². The Morgan fingerprint density at radius 3 is 2.26 bits per heavy atom. The van der Waals surface area contributed by atoms with Crippen molar-refractivity contribution >= 4 is 22.0 Å². The Bertz CT molecular complexity index is 1120. The Kier molecular flexibility index (Phi) is 8.77. The summed E-state index contributed by atoms with van der Waals surface area (Å²) in [6.45, 7) is 9.47. The van der Waals surface area contributed by atoms with E-state index in [-0.39, 0.29) is 47.7 Å². The summed E-state index contributed by atoms with van der Waals surface area (Å²) in [6.07, 6.45) is -3.11. The molecule has 0 unspecified atom stereocenters. The van der Waals surface area contributed by atoms with E-state index in [1.54, 1.807) is 20.8 Å². The summed E-state index contributed by atoms with van der Waals surface area (Å²) in [5.41, 5.74) is -1.63. The molecule has 3 rings (SSSR count). The van der Waals surface area contributed by atoms with Crippen LogP contribution in [0.1, 0.15) is 59.4 Å². The molecule has 38 heavy (non-hydrogen) atoms. The van der Waals surface area contributed by atoms with E-state index in [1.165, 1.54) is 16.3 Å². The number of hydrogen-bond donors (Lipinski definition) is 1. The van der Waals surface area contributed by atoms with Crippen molar-refractivity contribution in [2.24, 2.45) is 17.8 Å². The Labute approximate surface area is 222 Å². The van der Waals surface area contributed by atoms with Crippen molar-refractivity contribution in [2.75, 3.05) is 20.1 Å². The first-order chi connectivity index (χ1) is 17.5. The number of rotatable bonds is 7. The predicted molar refractivity (Wildman–Crippen MR) is 136 cm³/mol. The van der Waals surface area contributed by atoms with E-state index < -0.39 is 39.5 Å². The van der Waals surface area contributed by atoms with E-state index in [9.17, 15) is 31.2 Å². The lowest BCUT2D eigenvalue weighted by Crippen LogP contribution is -2.54. The van der Waals surface area contributed by atoms with E-state index >= 15 is 0 Å². The number of sulfonamides is 1. The molecule has 1 aliphatic heterocycles. The highest BCUT2D eigenvalue weighted by molar-refractivity contribution is 7.89. The molecule has 0 spiro atoms. The van der Waals surface area contributed by atoms with Gasteiger partial charge in [-0.15, -0.1) is 0 Å². The number of nitrogens with one attached hydrogen (secondary N) is 1. The van der Waals surface area contributed by atoms with Crippen molar-refractivity contribution in [3.8, 4) is 0 Å². The van der Waals surface area contributed by atoms with Gasteiger partial charge in [-0.2, -0.15) is 17.5 Å².